The lowest BCUT2D eigenvalue weighted by Crippen LogP contribution is -2.31. The molecule has 6 heteroatoms. The number of rotatable bonds is 6. The summed E-state index contributed by atoms with van der Waals surface area (Å²) in [5.41, 5.74) is 5.95. The SMILES string of the molecule is C=CCN(CC=C)S(=O)(=O)c1ccc(N)cc1Cl. The van der Waals surface area contributed by atoms with E-state index >= 15 is 0 Å². The van der Waals surface area contributed by atoms with Crippen LogP contribution in [0.3, 0.4) is 0 Å². The van der Waals surface area contributed by atoms with Gasteiger partial charge in [-0.2, -0.15) is 4.31 Å². The Hall–Kier alpha value is -1.30. The van der Waals surface area contributed by atoms with Gasteiger partial charge in [-0.05, 0) is 18.2 Å². The molecule has 0 amide bonds. The smallest absolute Gasteiger partial charge is 0.245 e. The minimum absolute atomic E-state index is 0.0297. The third-order valence-corrected chi connectivity index (χ3v) is 4.55. The van der Waals surface area contributed by atoms with Crippen LogP contribution in [-0.4, -0.2) is 25.8 Å². The van der Waals surface area contributed by atoms with Crippen molar-refractivity contribution in [2.75, 3.05) is 18.8 Å². The molecule has 0 bridgehead atoms. The molecular formula is C12H15ClN2O2S. The highest BCUT2D eigenvalue weighted by atomic mass is 35.5. The molecular weight excluding hydrogens is 272 g/mol. The number of sulfonamides is 1. The van der Waals surface area contributed by atoms with Gasteiger partial charge in [-0.1, -0.05) is 23.8 Å². The Morgan fingerprint density at radius 1 is 1.28 bits per heavy atom. The molecule has 0 aliphatic rings. The predicted octanol–water partition coefficient (Wildman–Crippen LogP) is 2.28. The Balaban J connectivity index is 3.25. The first-order chi connectivity index (χ1) is 8.43. The number of anilines is 1. The van der Waals surface area contributed by atoms with Gasteiger partial charge in [-0.15, -0.1) is 13.2 Å². The minimum atomic E-state index is -3.67. The van der Waals surface area contributed by atoms with Gasteiger partial charge in [0.1, 0.15) is 4.90 Å². The molecule has 0 spiro atoms. The first-order valence-electron chi connectivity index (χ1n) is 5.20. The second kappa shape index (κ2) is 6.04. The molecule has 0 aliphatic carbocycles. The van der Waals surface area contributed by atoms with Crippen molar-refractivity contribution in [3.8, 4) is 0 Å². The summed E-state index contributed by atoms with van der Waals surface area (Å²) in [7, 11) is -3.67. The van der Waals surface area contributed by atoms with Crippen LogP contribution in [0.4, 0.5) is 5.69 Å². The van der Waals surface area contributed by atoms with Gasteiger partial charge >= 0.3 is 0 Å². The summed E-state index contributed by atoms with van der Waals surface area (Å²) in [4.78, 5) is 0.0297. The molecule has 0 unspecified atom stereocenters. The van der Waals surface area contributed by atoms with Crippen molar-refractivity contribution in [2.24, 2.45) is 0 Å². The fourth-order valence-electron chi connectivity index (χ4n) is 1.42. The molecule has 2 N–H and O–H groups in total. The van der Waals surface area contributed by atoms with Gasteiger partial charge in [0, 0.05) is 18.8 Å². The van der Waals surface area contributed by atoms with Gasteiger partial charge in [0.15, 0.2) is 0 Å². The average Bonchev–Trinajstić information content (AvgIpc) is 2.28. The summed E-state index contributed by atoms with van der Waals surface area (Å²) in [5.74, 6) is 0. The van der Waals surface area contributed by atoms with Crippen LogP contribution in [0.25, 0.3) is 0 Å². The molecule has 4 nitrogen and oxygen atoms in total. The van der Waals surface area contributed by atoms with Crippen LogP contribution >= 0.6 is 11.6 Å². The molecule has 1 aromatic rings. The van der Waals surface area contributed by atoms with E-state index in [-0.39, 0.29) is 23.0 Å². The zero-order valence-electron chi connectivity index (χ0n) is 9.84. The summed E-state index contributed by atoms with van der Waals surface area (Å²) in [6.45, 7) is 7.45. The van der Waals surface area contributed by atoms with Gasteiger partial charge < -0.3 is 5.73 Å². The fourth-order valence-corrected chi connectivity index (χ4v) is 3.33. The van der Waals surface area contributed by atoms with Crippen LogP contribution < -0.4 is 5.73 Å². The van der Waals surface area contributed by atoms with E-state index < -0.39 is 10.0 Å². The van der Waals surface area contributed by atoms with Crippen molar-refractivity contribution in [3.63, 3.8) is 0 Å². The number of nitrogen functional groups attached to an aromatic ring is 1. The first kappa shape index (κ1) is 14.8. The number of nitrogens with two attached hydrogens (primary N) is 1. The van der Waals surface area contributed by atoms with Crippen LogP contribution in [0.5, 0.6) is 0 Å². The lowest BCUT2D eigenvalue weighted by Gasteiger charge is -2.19. The van der Waals surface area contributed by atoms with Crippen molar-refractivity contribution in [2.45, 2.75) is 4.90 Å². The van der Waals surface area contributed by atoms with E-state index in [4.69, 9.17) is 17.3 Å². The van der Waals surface area contributed by atoms with Crippen LogP contribution in [0, 0.1) is 0 Å². The van der Waals surface area contributed by atoms with Crippen LogP contribution in [0.1, 0.15) is 0 Å². The summed E-state index contributed by atoms with van der Waals surface area (Å²) in [6.07, 6.45) is 3.01. The number of hydrogen-bond acceptors (Lipinski definition) is 3. The highest BCUT2D eigenvalue weighted by Gasteiger charge is 2.24. The molecule has 1 aromatic carbocycles. The molecule has 0 saturated heterocycles. The van der Waals surface area contributed by atoms with E-state index in [2.05, 4.69) is 13.2 Å². The zero-order chi connectivity index (χ0) is 13.8. The second-order valence-electron chi connectivity index (χ2n) is 3.59. The molecule has 1 rings (SSSR count). The highest BCUT2D eigenvalue weighted by molar-refractivity contribution is 7.89. The van der Waals surface area contributed by atoms with E-state index in [1.54, 1.807) is 0 Å². The lowest BCUT2D eigenvalue weighted by molar-refractivity contribution is 0.474. The Morgan fingerprint density at radius 2 is 1.83 bits per heavy atom. The predicted molar refractivity (Wildman–Crippen MR) is 75.0 cm³/mol. The standard InChI is InChI=1S/C12H15ClN2O2S/c1-3-7-15(8-4-2)18(16,17)12-6-5-10(14)9-11(12)13/h3-6,9H,1-2,7-8,14H2. The fraction of sp³-hybridized carbons (Fsp3) is 0.167. The maximum absolute atomic E-state index is 12.3. The van der Waals surface area contributed by atoms with Crippen molar-refractivity contribution in [3.05, 3.63) is 48.5 Å². The first-order valence-corrected chi connectivity index (χ1v) is 7.02. The van der Waals surface area contributed by atoms with Gasteiger partial charge in [-0.25, -0.2) is 8.42 Å². The van der Waals surface area contributed by atoms with E-state index in [0.717, 1.165) is 0 Å². The molecule has 0 aliphatic heterocycles. The van der Waals surface area contributed by atoms with E-state index in [1.165, 1.54) is 34.7 Å². The van der Waals surface area contributed by atoms with Gasteiger partial charge in [0.25, 0.3) is 0 Å². The quantitative estimate of drug-likeness (QED) is 0.644. The third-order valence-electron chi connectivity index (χ3n) is 2.24. The maximum atomic E-state index is 12.3. The third kappa shape index (κ3) is 3.13. The van der Waals surface area contributed by atoms with Gasteiger partial charge in [0.2, 0.25) is 10.0 Å². The van der Waals surface area contributed by atoms with E-state index in [1.807, 2.05) is 0 Å². The minimum Gasteiger partial charge on any atom is -0.399 e. The number of benzene rings is 1. The Kier molecular flexibility index (Phi) is 4.95. The van der Waals surface area contributed by atoms with Crippen LogP contribution in [0.2, 0.25) is 5.02 Å². The molecule has 0 saturated carbocycles. The number of halogens is 1. The molecule has 0 atom stereocenters. The van der Waals surface area contributed by atoms with Crippen molar-refractivity contribution >= 4 is 27.3 Å². The summed E-state index contributed by atoms with van der Waals surface area (Å²) in [5, 5.41) is 0.105. The Bertz CT molecular complexity index is 545. The summed E-state index contributed by atoms with van der Waals surface area (Å²) < 4.78 is 25.9. The highest BCUT2D eigenvalue weighted by Crippen LogP contribution is 2.26. The summed E-state index contributed by atoms with van der Waals surface area (Å²) >= 11 is 5.92. The molecule has 0 fully saturated rings. The molecule has 0 aromatic heterocycles. The van der Waals surface area contributed by atoms with E-state index in [9.17, 15) is 8.42 Å². The Morgan fingerprint density at radius 3 is 2.28 bits per heavy atom. The molecule has 18 heavy (non-hydrogen) atoms. The van der Waals surface area contributed by atoms with Crippen molar-refractivity contribution in [1.29, 1.82) is 0 Å². The average molecular weight is 287 g/mol. The molecule has 0 radical (unpaired) electrons. The van der Waals surface area contributed by atoms with Crippen LogP contribution in [-0.2, 0) is 10.0 Å². The largest absolute Gasteiger partial charge is 0.399 e. The maximum Gasteiger partial charge on any atom is 0.245 e. The van der Waals surface area contributed by atoms with Gasteiger partial charge in [0.05, 0.1) is 5.02 Å². The zero-order valence-corrected chi connectivity index (χ0v) is 11.4. The monoisotopic (exact) mass is 286 g/mol. The van der Waals surface area contributed by atoms with Crippen molar-refractivity contribution < 1.29 is 8.42 Å². The summed E-state index contributed by atoms with van der Waals surface area (Å²) in [6, 6.07) is 4.30. The molecule has 0 heterocycles. The van der Waals surface area contributed by atoms with E-state index in [0.29, 0.717) is 5.69 Å². The number of hydrogen-bond donors (Lipinski definition) is 1. The molecule has 98 valence electrons. The van der Waals surface area contributed by atoms with Crippen LogP contribution in [0.15, 0.2) is 48.4 Å². The van der Waals surface area contributed by atoms with Crippen molar-refractivity contribution in [1.82, 2.24) is 4.31 Å². The lowest BCUT2D eigenvalue weighted by atomic mass is 10.3. The Labute approximate surface area is 112 Å². The second-order valence-corrected chi connectivity index (χ2v) is 5.90. The topological polar surface area (TPSA) is 63.4 Å². The normalized spacial score (nSPS) is 11.4. The van der Waals surface area contributed by atoms with Gasteiger partial charge in [-0.3, -0.25) is 0 Å². The number of nitrogens with zero attached hydrogens (tertiary/aromatic N) is 1.